The third-order valence-electron chi connectivity index (χ3n) is 15.4. The van der Waals surface area contributed by atoms with E-state index in [1.807, 2.05) is 0 Å². The van der Waals surface area contributed by atoms with Crippen LogP contribution in [0.4, 0.5) is 52.7 Å². The third-order valence-corrected chi connectivity index (χ3v) is 15.4. The summed E-state index contributed by atoms with van der Waals surface area (Å²) in [7, 11) is 0. The Balaban J connectivity index is 1.03. The van der Waals surface area contributed by atoms with E-state index in [0.29, 0.717) is 73.9 Å². The molecule has 7 aromatic carbocycles. The third kappa shape index (κ3) is 11.5. The van der Waals surface area contributed by atoms with Gasteiger partial charge < -0.3 is 23.6 Å². The number of hydrogen-bond acceptors (Lipinski definition) is 10. The second-order valence-electron chi connectivity index (χ2n) is 21.5. The number of aryl methyl sites for hydroxylation is 3. The summed E-state index contributed by atoms with van der Waals surface area (Å²) in [6.07, 6.45) is -20.5. The number of pyridine rings is 1. The number of aromatic amines is 1. The standard InChI is InChI=1S/C67H45F12N3O9/c1-7-88-62(86)44-28-50(80-32(44)5)57(51-29-45(33(6)81-51)63(87)89-8-2)54-30(3)17-42(18-31(54)4)90-53(83)19-34-13-15-41(16-14-34)82-60(84)48-26-46(35-20-37(64(68,69)70)24-38(21-35)65(71,72)73)55-43-11-9-10-12-52(43)91-59-47(27-49(61(82)85)56(48)58(55)59)36-22-39(66(74,75)76)25-40(23-36)67(77,78)79/h9-18,20-29,80H,7-8,19H2,1-6H3/b57-51+. The Morgan fingerprint density at radius 1 is 0.582 bits per heavy atom. The molecule has 0 saturated heterocycles. The number of esters is 3. The number of H-pyrrole nitrogens is 1. The predicted octanol–water partition coefficient (Wildman–Crippen LogP) is 16.6. The molecule has 0 fully saturated rings. The average molecular weight is 1260 g/mol. The van der Waals surface area contributed by atoms with E-state index < -0.39 is 126 Å². The molecule has 24 heteroatoms. The van der Waals surface area contributed by atoms with Crippen molar-refractivity contribution < 1.29 is 85.7 Å². The van der Waals surface area contributed by atoms with Crippen LogP contribution in [-0.2, 0) is 50.2 Å². The summed E-state index contributed by atoms with van der Waals surface area (Å²) in [5.74, 6) is -1.91. The number of carbonyl (C=O) groups is 3. The molecule has 12 nitrogen and oxygen atoms in total. The largest absolute Gasteiger partial charge is 0.462 e. The van der Waals surface area contributed by atoms with Gasteiger partial charge in [0.25, 0.3) is 11.1 Å². The highest BCUT2D eigenvalue weighted by Gasteiger charge is 2.40. The molecule has 10 aromatic rings. The molecular weight excluding hydrogens is 1220 g/mol. The fraction of sp³-hybridized carbons (Fsp3) is 0.194. The lowest BCUT2D eigenvalue weighted by molar-refractivity contribution is -0.144. The lowest BCUT2D eigenvalue weighted by Gasteiger charge is -2.21. The molecule has 0 unspecified atom stereocenters. The Kier molecular flexibility index (Phi) is 15.5. The molecule has 0 aliphatic carbocycles. The summed E-state index contributed by atoms with van der Waals surface area (Å²) in [4.78, 5) is 77.8. The first-order valence-electron chi connectivity index (χ1n) is 27.7. The number of nitrogens with one attached hydrogen (secondary N) is 1. The minimum atomic E-state index is -5.41. The van der Waals surface area contributed by atoms with Crippen LogP contribution in [0.1, 0.15) is 87.0 Å². The second kappa shape index (κ2) is 22.7. The summed E-state index contributed by atoms with van der Waals surface area (Å²) in [5.41, 5.74) is -8.86. The maximum absolute atomic E-state index is 15.1. The van der Waals surface area contributed by atoms with E-state index in [0.717, 1.165) is 12.1 Å². The van der Waals surface area contributed by atoms with Crippen LogP contribution in [0.5, 0.6) is 5.75 Å². The number of hydrogen-bond donors (Lipinski definition) is 1. The number of nitrogens with zero attached hydrogens (tertiary/aromatic N) is 2. The zero-order valence-corrected chi connectivity index (χ0v) is 48.3. The highest BCUT2D eigenvalue weighted by molar-refractivity contribution is 6.32. The highest BCUT2D eigenvalue weighted by Crippen LogP contribution is 2.49. The van der Waals surface area contributed by atoms with Crippen LogP contribution in [0, 0.1) is 20.8 Å². The molecule has 0 bridgehead atoms. The molecule has 466 valence electrons. The summed E-state index contributed by atoms with van der Waals surface area (Å²) in [5, 5.41) is -2.20. The number of ether oxygens (including phenoxy) is 3. The molecule has 0 spiro atoms. The molecule has 0 atom stereocenters. The second-order valence-corrected chi connectivity index (χ2v) is 21.5. The molecule has 0 amide bonds. The number of alkyl halides is 12. The minimum absolute atomic E-state index is 0.0555. The van der Waals surface area contributed by atoms with Gasteiger partial charge >= 0.3 is 42.6 Å². The molecule has 11 rings (SSSR count). The number of halogens is 12. The first-order chi connectivity index (χ1) is 42.7. The summed E-state index contributed by atoms with van der Waals surface area (Å²) in [6, 6.07) is 18.2. The van der Waals surface area contributed by atoms with Crippen molar-refractivity contribution in [1.82, 2.24) is 9.55 Å². The quantitative estimate of drug-likeness (QED) is 0.0413. The van der Waals surface area contributed by atoms with Gasteiger partial charge in [0.05, 0.1) is 70.1 Å². The van der Waals surface area contributed by atoms with Gasteiger partial charge in [-0.3, -0.25) is 19.4 Å². The minimum Gasteiger partial charge on any atom is -0.462 e. The molecule has 0 saturated carbocycles. The Morgan fingerprint density at radius 3 is 1.64 bits per heavy atom. The normalized spacial score (nSPS) is 13.8. The maximum atomic E-state index is 15.1. The molecule has 4 heterocycles. The van der Waals surface area contributed by atoms with E-state index >= 15 is 9.59 Å². The van der Waals surface area contributed by atoms with Gasteiger partial charge in [-0.15, -0.1) is 0 Å². The van der Waals surface area contributed by atoms with E-state index in [-0.39, 0.29) is 75.2 Å². The van der Waals surface area contributed by atoms with Gasteiger partial charge in [0.1, 0.15) is 16.9 Å². The number of para-hydroxylation sites is 1. The molecular formula is C67H45F12N3O9. The lowest BCUT2D eigenvalue weighted by atomic mass is 9.86. The van der Waals surface area contributed by atoms with E-state index in [2.05, 4.69) is 4.98 Å². The molecule has 1 N–H and O–H groups in total. The van der Waals surface area contributed by atoms with Crippen molar-refractivity contribution in [2.24, 2.45) is 4.99 Å². The van der Waals surface area contributed by atoms with Gasteiger partial charge in [-0.1, -0.05) is 30.3 Å². The fourth-order valence-electron chi connectivity index (χ4n) is 11.5. The Bertz CT molecular complexity index is 4820. The van der Waals surface area contributed by atoms with Crippen molar-refractivity contribution in [3.63, 3.8) is 0 Å². The first kappa shape index (κ1) is 62.4. The predicted molar refractivity (Wildman–Crippen MR) is 313 cm³/mol. The van der Waals surface area contributed by atoms with Crippen LogP contribution in [0.3, 0.4) is 0 Å². The van der Waals surface area contributed by atoms with Crippen molar-refractivity contribution in [2.75, 3.05) is 13.2 Å². The van der Waals surface area contributed by atoms with Crippen molar-refractivity contribution in [2.45, 2.75) is 72.7 Å². The number of aliphatic imine (C=N–C) groups is 1. The average Bonchev–Trinajstić information content (AvgIpc) is 0.901. The van der Waals surface area contributed by atoms with Crippen LogP contribution in [-0.4, -0.2) is 46.4 Å². The number of allylic oxidation sites excluding steroid dienone is 1. The van der Waals surface area contributed by atoms with Crippen LogP contribution in [0.15, 0.2) is 152 Å². The Labute approximate surface area is 505 Å². The van der Waals surface area contributed by atoms with Gasteiger partial charge in [0.15, 0.2) is 0 Å². The lowest BCUT2D eigenvalue weighted by Crippen LogP contribution is -2.32. The molecule has 91 heavy (non-hydrogen) atoms. The Morgan fingerprint density at radius 2 is 1.10 bits per heavy atom. The van der Waals surface area contributed by atoms with E-state index in [1.54, 1.807) is 65.8 Å². The summed E-state index contributed by atoms with van der Waals surface area (Å²) >= 11 is 0. The van der Waals surface area contributed by atoms with Crippen molar-refractivity contribution in [3.05, 3.63) is 215 Å². The van der Waals surface area contributed by atoms with Crippen molar-refractivity contribution >= 4 is 72.7 Å². The summed E-state index contributed by atoms with van der Waals surface area (Å²) in [6.45, 7) is 10.3. The van der Waals surface area contributed by atoms with Crippen LogP contribution in [0.2, 0.25) is 0 Å². The topological polar surface area (TPSA) is 159 Å². The van der Waals surface area contributed by atoms with E-state index in [4.69, 9.17) is 23.6 Å². The molecule has 1 aliphatic rings. The molecule has 0 radical (unpaired) electrons. The molecule has 3 aromatic heterocycles. The number of fused-ring (bicyclic) bond motifs is 2. The number of carbonyl (C=O) groups excluding carboxylic acids is 3. The van der Waals surface area contributed by atoms with E-state index in [1.165, 1.54) is 48.5 Å². The Hall–Kier alpha value is -10.3. The van der Waals surface area contributed by atoms with Gasteiger partial charge in [-0.25, -0.2) is 14.2 Å². The van der Waals surface area contributed by atoms with Crippen molar-refractivity contribution in [3.8, 4) is 33.7 Å². The number of aromatic nitrogens is 2. The van der Waals surface area contributed by atoms with Gasteiger partial charge in [-0.05, 0) is 171 Å². The van der Waals surface area contributed by atoms with Gasteiger partial charge in [0, 0.05) is 54.8 Å². The van der Waals surface area contributed by atoms with Gasteiger partial charge in [-0.2, -0.15) is 52.7 Å². The summed E-state index contributed by atoms with van der Waals surface area (Å²) < 4.78 is 198. The van der Waals surface area contributed by atoms with Crippen LogP contribution >= 0.6 is 0 Å². The van der Waals surface area contributed by atoms with E-state index in [9.17, 15) is 67.1 Å². The number of benzene rings is 7. The number of rotatable bonds is 12. The van der Waals surface area contributed by atoms with Crippen LogP contribution in [0.25, 0.3) is 77.0 Å². The van der Waals surface area contributed by atoms with Crippen LogP contribution < -0.4 is 15.9 Å². The fourth-order valence-corrected chi connectivity index (χ4v) is 11.5. The van der Waals surface area contributed by atoms with Crippen molar-refractivity contribution in [1.29, 1.82) is 0 Å². The zero-order chi connectivity index (χ0) is 65.7. The smallest absolute Gasteiger partial charge is 0.416 e. The SMILES string of the molecule is CCOC(=O)C1=C/C(=C(/c2cc(C(=O)OCC)c(C)[nH]2)c2c(C)cc(OC(=O)Cc3ccc(-n4c(=O)c5cc(-c6cc(C(F)(F)F)cc(C(F)(F)F)c6)c6oc7ccccc7c7c(-c8cc(C(F)(F)F)cc(C(F)(F)F)c8)cc(c4=O)c5c67)cc3)cc2C)N=C1C. The highest BCUT2D eigenvalue weighted by atomic mass is 19.4. The van der Waals surface area contributed by atoms with Gasteiger partial charge in [0.2, 0.25) is 0 Å². The molecule has 1 aliphatic heterocycles. The zero-order valence-electron chi connectivity index (χ0n) is 48.3. The first-order valence-corrected chi connectivity index (χ1v) is 27.7. The monoisotopic (exact) mass is 1260 g/mol. The maximum Gasteiger partial charge on any atom is 0.416 e.